The molecule has 0 aromatic carbocycles. The van der Waals surface area contributed by atoms with Gasteiger partial charge >= 0.3 is 0 Å². The van der Waals surface area contributed by atoms with Gasteiger partial charge in [-0.15, -0.1) is 0 Å². The Balaban J connectivity index is 2.03. The Hall–Kier alpha value is -1.13. The molecule has 4 heteroatoms. The van der Waals surface area contributed by atoms with Gasteiger partial charge in [-0.3, -0.25) is 0 Å². The van der Waals surface area contributed by atoms with Crippen molar-refractivity contribution in [3.05, 3.63) is 23.4 Å². The van der Waals surface area contributed by atoms with Crippen LogP contribution in [0, 0.1) is 12.8 Å². The van der Waals surface area contributed by atoms with E-state index in [9.17, 15) is 5.11 Å². The van der Waals surface area contributed by atoms with Crippen molar-refractivity contribution in [2.75, 3.05) is 18.0 Å². The maximum absolute atomic E-state index is 9.72. The number of pyridine rings is 1. The molecule has 1 saturated heterocycles. The van der Waals surface area contributed by atoms with Crippen LogP contribution in [-0.2, 0) is 6.54 Å². The lowest BCUT2D eigenvalue weighted by molar-refractivity contribution is 0.136. The van der Waals surface area contributed by atoms with Crippen molar-refractivity contribution in [3.63, 3.8) is 0 Å². The molecule has 2 unspecified atom stereocenters. The highest BCUT2D eigenvalue weighted by Crippen LogP contribution is 2.27. The van der Waals surface area contributed by atoms with Crippen LogP contribution in [0.2, 0.25) is 0 Å². The van der Waals surface area contributed by atoms with Crippen molar-refractivity contribution in [1.82, 2.24) is 10.3 Å². The highest BCUT2D eigenvalue weighted by Gasteiger charge is 2.27. The molecule has 0 aliphatic carbocycles. The summed E-state index contributed by atoms with van der Waals surface area (Å²) in [6.07, 6.45) is 2.79. The van der Waals surface area contributed by atoms with E-state index >= 15 is 0 Å². The number of aryl methyl sites for hydroxylation is 1. The van der Waals surface area contributed by atoms with E-state index in [-0.39, 0.29) is 11.6 Å². The number of aliphatic hydroxyl groups is 1. The molecule has 0 saturated carbocycles. The molecular formula is C17H29N3O. The van der Waals surface area contributed by atoms with Crippen LogP contribution in [0.4, 0.5) is 5.82 Å². The summed E-state index contributed by atoms with van der Waals surface area (Å²) in [6, 6.07) is 2.22. The normalized spacial score (nSPS) is 20.9. The summed E-state index contributed by atoms with van der Waals surface area (Å²) in [5.74, 6) is 1.44. The van der Waals surface area contributed by atoms with Crippen molar-refractivity contribution < 1.29 is 5.11 Å². The summed E-state index contributed by atoms with van der Waals surface area (Å²) >= 11 is 0. The first-order valence-electron chi connectivity index (χ1n) is 7.90. The minimum Gasteiger partial charge on any atom is -0.393 e. The van der Waals surface area contributed by atoms with Gasteiger partial charge in [-0.2, -0.15) is 0 Å². The molecule has 2 N–H and O–H groups in total. The number of nitrogens with zero attached hydrogens (tertiary/aromatic N) is 2. The highest BCUT2D eigenvalue weighted by atomic mass is 16.3. The Kier molecular flexibility index (Phi) is 4.89. The summed E-state index contributed by atoms with van der Waals surface area (Å²) in [4.78, 5) is 6.96. The topological polar surface area (TPSA) is 48.4 Å². The average molecular weight is 291 g/mol. The molecule has 21 heavy (non-hydrogen) atoms. The number of aromatic nitrogens is 1. The molecule has 1 fully saturated rings. The van der Waals surface area contributed by atoms with Gasteiger partial charge in [0.15, 0.2) is 0 Å². The largest absolute Gasteiger partial charge is 0.393 e. The maximum Gasteiger partial charge on any atom is 0.131 e. The van der Waals surface area contributed by atoms with Crippen LogP contribution in [0.1, 0.15) is 45.2 Å². The summed E-state index contributed by atoms with van der Waals surface area (Å²) in [7, 11) is 0. The van der Waals surface area contributed by atoms with Crippen LogP contribution >= 0.6 is 0 Å². The summed E-state index contributed by atoms with van der Waals surface area (Å²) in [5, 5.41) is 13.2. The van der Waals surface area contributed by atoms with Crippen LogP contribution in [-0.4, -0.2) is 34.8 Å². The van der Waals surface area contributed by atoms with E-state index < -0.39 is 0 Å². The van der Waals surface area contributed by atoms with Crippen LogP contribution < -0.4 is 10.2 Å². The molecule has 2 atom stereocenters. The third-order valence-electron chi connectivity index (χ3n) is 4.14. The first-order chi connectivity index (χ1) is 9.76. The second kappa shape index (κ2) is 6.32. The molecule has 0 radical (unpaired) electrons. The van der Waals surface area contributed by atoms with Gasteiger partial charge in [0.25, 0.3) is 0 Å². The Labute approximate surface area is 128 Å². The van der Waals surface area contributed by atoms with Gasteiger partial charge in [0.1, 0.15) is 5.82 Å². The maximum atomic E-state index is 9.72. The van der Waals surface area contributed by atoms with Gasteiger partial charge in [-0.05, 0) is 58.2 Å². The lowest BCUT2D eigenvalue weighted by Gasteiger charge is -2.23. The third-order valence-corrected chi connectivity index (χ3v) is 4.14. The van der Waals surface area contributed by atoms with Crippen LogP contribution in [0.5, 0.6) is 0 Å². The van der Waals surface area contributed by atoms with Crippen molar-refractivity contribution in [2.45, 2.75) is 59.2 Å². The molecule has 1 aromatic heterocycles. The first-order valence-corrected chi connectivity index (χ1v) is 7.90. The van der Waals surface area contributed by atoms with Crippen molar-refractivity contribution in [2.24, 2.45) is 5.92 Å². The van der Waals surface area contributed by atoms with E-state index in [0.717, 1.165) is 31.9 Å². The van der Waals surface area contributed by atoms with Gasteiger partial charge in [0.2, 0.25) is 0 Å². The van der Waals surface area contributed by atoms with Crippen molar-refractivity contribution >= 4 is 5.82 Å². The monoisotopic (exact) mass is 291 g/mol. The predicted octanol–water partition coefficient (Wildman–Crippen LogP) is 2.49. The zero-order valence-electron chi connectivity index (χ0n) is 14.0. The lowest BCUT2D eigenvalue weighted by Crippen LogP contribution is -2.35. The fraction of sp³-hybridized carbons (Fsp3) is 0.706. The van der Waals surface area contributed by atoms with Gasteiger partial charge in [-0.25, -0.2) is 4.98 Å². The zero-order valence-corrected chi connectivity index (χ0v) is 14.0. The molecule has 0 spiro atoms. The first kappa shape index (κ1) is 16.2. The minimum atomic E-state index is -0.231. The summed E-state index contributed by atoms with van der Waals surface area (Å²) in [5.41, 5.74) is 2.55. The Morgan fingerprint density at radius 2 is 2.19 bits per heavy atom. The molecule has 1 aromatic rings. The molecular weight excluding hydrogens is 262 g/mol. The molecule has 118 valence electrons. The van der Waals surface area contributed by atoms with Gasteiger partial charge in [-0.1, -0.05) is 0 Å². The summed E-state index contributed by atoms with van der Waals surface area (Å²) < 4.78 is 0. The highest BCUT2D eigenvalue weighted by molar-refractivity contribution is 5.48. The second-order valence-electron chi connectivity index (χ2n) is 7.32. The van der Waals surface area contributed by atoms with Crippen molar-refractivity contribution in [3.8, 4) is 0 Å². The molecule has 0 amide bonds. The SMILES string of the molecule is Cc1cc(CNC(C)(C)C)cnc1N1CCC(C(C)O)C1. The predicted molar refractivity (Wildman–Crippen MR) is 87.6 cm³/mol. The van der Waals surface area contributed by atoms with Crippen LogP contribution in [0.15, 0.2) is 12.3 Å². The van der Waals surface area contributed by atoms with Gasteiger partial charge < -0.3 is 15.3 Å². The minimum absolute atomic E-state index is 0.117. The molecule has 0 bridgehead atoms. The standard InChI is InChI=1S/C17H29N3O/c1-12-8-14(10-19-17(3,4)5)9-18-16(12)20-7-6-15(11-20)13(2)21/h8-9,13,15,19,21H,6-7,10-11H2,1-5H3. The van der Waals surface area contributed by atoms with Crippen LogP contribution in [0.3, 0.4) is 0 Å². The van der Waals surface area contributed by atoms with Crippen molar-refractivity contribution in [1.29, 1.82) is 0 Å². The van der Waals surface area contributed by atoms with E-state index in [1.165, 1.54) is 11.1 Å². The number of aliphatic hydroxyl groups excluding tert-OH is 1. The molecule has 1 aliphatic rings. The lowest BCUT2D eigenvalue weighted by atomic mass is 10.0. The molecule has 4 nitrogen and oxygen atoms in total. The Bertz CT molecular complexity index is 479. The fourth-order valence-corrected chi connectivity index (χ4v) is 2.79. The van der Waals surface area contributed by atoms with E-state index in [0.29, 0.717) is 5.92 Å². The third kappa shape index (κ3) is 4.42. The fourth-order valence-electron chi connectivity index (χ4n) is 2.79. The number of nitrogens with one attached hydrogen (secondary N) is 1. The Morgan fingerprint density at radius 1 is 1.48 bits per heavy atom. The zero-order chi connectivity index (χ0) is 15.6. The molecule has 2 rings (SSSR count). The number of anilines is 1. The second-order valence-corrected chi connectivity index (χ2v) is 7.32. The van der Waals surface area contributed by atoms with E-state index in [1.807, 2.05) is 13.1 Å². The van der Waals surface area contributed by atoms with E-state index in [4.69, 9.17) is 0 Å². The van der Waals surface area contributed by atoms with E-state index in [2.05, 4.69) is 49.0 Å². The van der Waals surface area contributed by atoms with Crippen LogP contribution in [0.25, 0.3) is 0 Å². The van der Waals surface area contributed by atoms with E-state index in [1.54, 1.807) is 0 Å². The van der Waals surface area contributed by atoms with Gasteiger partial charge in [0.05, 0.1) is 6.10 Å². The Morgan fingerprint density at radius 3 is 2.71 bits per heavy atom. The average Bonchev–Trinajstić information content (AvgIpc) is 2.85. The van der Waals surface area contributed by atoms with Gasteiger partial charge in [0, 0.05) is 37.3 Å². The summed E-state index contributed by atoms with van der Waals surface area (Å²) in [6.45, 7) is 13.3. The quantitative estimate of drug-likeness (QED) is 0.895. The number of rotatable bonds is 4. The number of hydrogen-bond donors (Lipinski definition) is 2. The molecule has 1 aliphatic heterocycles. The molecule has 2 heterocycles. The smallest absolute Gasteiger partial charge is 0.131 e. The number of hydrogen-bond acceptors (Lipinski definition) is 4.